The van der Waals surface area contributed by atoms with Gasteiger partial charge >= 0.3 is 0 Å². The number of hydrogen-bond donors (Lipinski definition) is 2. The molecule has 4 aromatic rings. The summed E-state index contributed by atoms with van der Waals surface area (Å²) in [6.07, 6.45) is 0.0301. The van der Waals surface area contributed by atoms with Gasteiger partial charge in [0, 0.05) is 30.8 Å². The topological polar surface area (TPSA) is 86.0 Å². The largest absolute Gasteiger partial charge is 0.488 e. The number of nitrogens with zero attached hydrogens (tertiary/aromatic N) is 2. The molecule has 7 heteroatoms. The second-order valence-electron chi connectivity index (χ2n) is 10.4. The second kappa shape index (κ2) is 13.2. The Morgan fingerprint density at radius 1 is 0.927 bits per heavy atom. The van der Waals surface area contributed by atoms with Crippen LogP contribution in [0, 0.1) is 18.3 Å². The SMILES string of the molecule is Cc1c(COc2cc(OCc3cccc(C#N)c3)c(CN3C[C@@H](O)C[C@@H]3CO)cc2Cl)cccc1-c1ccccc1. The third-order valence-electron chi connectivity index (χ3n) is 7.57. The van der Waals surface area contributed by atoms with Crippen molar-refractivity contribution in [3.8, 4) is 28.7 Å². The third-order valence-corrected chi connectivity index (χ3v) is 7.86. The summed E-state index contributed by atoms with van der Waals surface area (Å²) in [7, 11) is 0. The molecule has 6 nitrogen and oxygen atoms in total. The molecule has 1 heterocycles. The number of β-amino-alcohol motifs (C(OH)–C–C–N with tert-alkyl or cyclic N) is 1. The Morgan fingerprint density at radius 3 is 2.49 bits per heavy atom. The van der Waals surface area contributed by atoms with Gasteiger partial charge in [0.05, 0.1) is 29.4 Å². The summed E-state index contributed by atoms with van der Waals surface area (Å²) < 4.78 is 12.5. The molecule has 0 saturated carbocycles. The number of benzene rings is 4. The molecule has 1 aliphatic heterocycles. The highest BCUT2D eigenvalue weighted by atomic mass is 35.5. The number of rotatable bonds is 10. The van der Waals surface area contributed by atoms with Crippen LogP contribution in [0.15, 0.2) is 84.9 Å². The molecule has 0 spiro atoms. The molecule has 0 bridgehead atoms. The maximum atomic E-state index is 10.2. The van der Waals surface area contributed by atoms with Gasteiger partial charge in [-0.05, 0) is 59.4 Å². The van der Waals surface area contributed by atoms with Crippen molar-refractivity contribution in [2.24, 2.45) is 0 Å². The summed E-state index contributed by atoms with van der Waals surface area (Å²) in [5.74, 6) is 1.10. The van der Waals surface area contributed by atoms with E-state index in [1.54, 1.807) is 12.1 Å². The zero-order valence-electron chi connectivity index (χ0n) is 23.0. The van der Waals surface area contributed by atoms with Crippen LogP contribution < -0.4 is 9.47 Å². The number of aliphatic hydroxyl groups is 2. The van der Waals surface area contributed by atoms with Crippen molar-refractivity contribution < 1.29 is 19.7 Å². The van der Waals surface area contributed by atoms with Gasteiger partial charge in [0.1, 0.15) is 24.7 Å². The van der Waals surface area contributed by atoms with E-state index in [4.69, 9.17) is 21.1 Å². The molecular weight excluding hydrogens is 536 g/mol. The molecule has 0 aliphatic carbocycles. The van der Waals surface area contributed by atoms with Crippen molar-refractivity contribution >= 4 is 11.6 Å². The fraction of sp³-hybridized carbons (Fsp3) is 0.265. The van der Waals surface area contributed by atoms with E-state index in [-0.39, 0.29) is 19.3 Å². The lowest BCUT2D eigenvalue weighted by molar-refractivity contribution is 0.148. The van der Waals surface area contributed by atoms with E-state index in [2.05, 4.69) is 37.3 Å². The van der Waals surface area contributed by atoms with Gasteiger partial charge in [-0.25, -0.2) is 0 Å². The summed E-state index contributed by atoms with van der Waals surface area (Å²) >= 11 is 6.74. The van der Waals surface area contributed by atoms with Gasteiger partial charge in [0.25, 0.3) is 0 Å². The van der Waals surface area contributed by atoms with E-state index in [1.165, 1.54) is 0 Å². The van der Waals surface area contributed by atoms with Crippen molar-refractivity contribution in [1.82, 2.24) is 4.90 Å². The molecule has 0 aromatic heterocycles. The van der Waals surface area contributed by atoms with E-state index in [0.29, 0.717) is 48.2 Å². The lowest BCUT2D eigenvalue weighted by atomic mass is 9.97. The zero-order chi connectivity index (χ0) is 28.8. The van der Waals surface area contributed by atoms with Crippen molar-refractivity contribution in [2.75, 3.05) is 13.2 Å². The minimum atomic E-state index is -0.488. The van der Waals surface area contributed by atoms with Crippen molar-refractivity contribution in [1.29, 1.82) is 5.26 Å². The van der Waals surface area contributed by atoms with Gasteiger partial charge in [0.2, 0.25) is 0 Å². The molecule has 2 atom stereocenters. The van der Waals surface area contributed by atoms with Gasteiger partial charge in [-0.3, -0.25) is 4.90 Å². The molecular formula is C34H33ClN2O4. The molecule has 41 heavy (non-hydrogen) atoms. The highest BCUT2D eigenvalue weighted by Crippen LogP contribution is 2.36. The lowest BCUT2D eigenvalue weighted by Crippen LogP contribution is -2.32. The number of halogens is 1. The third kappa shape index (κ3) is 6.90. The normalized spacial score (nSPS) is 16.9. The van der Waals surface area contributed by atoms with E-state index in [1.807, 2.05) is 53.4 Å². The maximum Gasteiger partial charge on any atom is 0.142 e. The quantitative estimate of drug-likeness (QED) is 0.234. The van der Waals surface area contributed by atoms with Crippen LogP contribution in [0.2, 0.25) is 5.02 Å². The van der Waals surface area contributed by atoms with Gasteiger partial charge in [-0.15, -0.1) is 0 Å². The predicted octanol–water partition coefficient (Wildman–Crippen LogP) is 6.27. The van der Waals surface area contributed by atoms with E-state index < -0.39 is 6.10 Å². The first-order valence-corrected chi connectivity index (χ1v) is 14.1. The monoisotopic (exact) mass is 568 g/mol. The fourth-order valence-corrected chi connectivity index (χ4v) is 5.56. The van der Waals surface area contributed by atoms with Crippen LogP contribution in [0.1, 0.15) is 34.2 Å². The van der Waals surface area contributed by atoms with Gasteiger partial charge in [-0.1, -0.05) is 72.3 Å². The first-order valence-electron chi connectivity index (χ1n) is 13.7. The minimum absolute atomic E-state index is 0.0372. The maximum absolute atomic E-state index is 10.2. The van der Waals surface area contributed by atoms with E-state index >= 15 is 0 Å². The Hall–Kier alpha value is -3.86. The Balaban J connectivity index is 1.40. The molecule has 1 saturated heterocycles. The van der Waals surface area contributed by atoms with Crippen LogP contribution in [-0.4, -0.2) is 40.4 Å². The van der Waals surface area contributed by atoms with E-state index in [9.17, 15) is 15.5 Å². The minimum Gasteiger partial charge on any atom is -0.488 e. The Kier molecular flexibility index (Phi) is 9.23. The Morgan fingerprint density at radius 2 is 1.71 bits per heavy atom. The average molecular weight is 569 g/mol. The number of likely N-dealkylation sites (tertiary alicyclic amines) is 1. The summed E-state index contributed by atoms with van der Waals surface area (Å²) in [6.45, 7) is 3.56. The molecule has 0 unspecified atom stereocenters. The van der Waals surface area contributed by atoms with Gasteiger partial charge < -0.3 is 19.7 Å². The first-order chi connectivity index (χ1) is 19.9. The molecule has 0 radical (unpaired) electrons. The molecule has 1 aliphatic rings. The van der Waals surface area contributed by atoms with Crippen LogP contribution in [0.25, 0.3) is 11.1 Å². The molecule has 0 amide bonds. The van der Waals surface area contributed by atoms with Crippen LogP contribution in [0.5, 0.6) is 11.5 Å². The lowest BCUT2D eigenvalue weighted by Gasteiger charge is -2.24. The molecule has 210 valence electrons. The number of ether oxygens (including phenoxy) is 2. The standard InChI is InChI=1S/C34H33ClN2O4/c1-23-27(11-6-12-31(23)26-9-3-2-4-10-26)22-41-34-16-33(40-21-25-8-5-7-24(13-25)17-36)28(14-32(34)35)18-37-19-30(39)15-29(37)20-38/h2-14,16,29-30,38-39H,15,18-22H2,1H3/t29-,30+/m1/s1. The van der Waals surface area contributed by atoms with E-state index in [0.717, 1.165) is 33.4 Å². The summed E-state index contributed by atoms with van der Waals surface area (Å²) in [6, 6.07) is 29.4. The molecule has 1 fully saturated rings. The van der Waals surface area contributed by atoms with Gasteiger partial charge in [-0.2, -0.15) is 5.26 Å². The van der Waals surface area contributed by atoms with Crippen LogP contribution in [0.4, 0.5) is 0 Å². The van der Waals surface area contributed by atoms with Crippen molar-refractivity contribution in [3.63, 3.8) is 0 Å². The zero-order valence-corrected chi connectivity index (χ0v) is 23.7. The number of hydrogen-bond acceptors (Lipinski definition) is 6. The van der Waals surface area contributed by atoms with Crippen LogP contribution in [0.3, 0.4) is 0 Å². The van der Waals surface area contributed by atoms with Gasteiger partial charge in [0.15, 0.2) is 0 Å². The van der Waals surface area contributed by atoms with Crippen LogP contribution >= 0.6 is 11.6 Å². The summed E-state index contributed by atoms with van der Waals surface area (Å²) in [5, 5.41) is 29.8. The predicted molar refractivity (Wildman–Crippen MR) is 160 cm³/mol. The summed E-state index contributed by atoms with van der Waals surface area (Å²) in [5.41, 5.74) is 6.76. The Bertz CT molecular complexity index is 1540. The second-order valence-corrected chi connectivity index (χ2v) is 10.8. The number of nitriles is 1. The number of aliphatic hydroxyl groups excluding tert-OH is 2. The molecule has 5 rings (SSSR count). The summed E-state index contributed by atoms with van der Waals surface area (Å²) in [4.78, 5) is 2.04. The smallest absolute Gasteiger partial charge is 0.142 e. The first kappa shape index (κ1) is 28.7. The fourth-order valence-electron chi connectivity index (χ4n) is 5.32. The van der Waals surface area contributed by atoms with Crippen LogP contribution in [-0.2, 0) is 19.8 Å². The average Bonchev–Trinajstić information content (AvgIpc) is 3.36. The molecule has 4 aromatic carbocycles. The highest BCUT2D eigenvalue weighted by molar-refractivity contribution is 6.32. The highest BCUT2D eigenvalue weighted by Gasteiger charge is 2.31. The van der Waals surface area contributed by atoms with Crippen molar-refractivity contribution in [2.45, 2.75) is 45.2 Å². The molecule has 2 N–H and O–H groups in total. The Labute approximate surface area is 246 Å². The van der Waals surface area contributed by atoms with Crippen molar-refractivity contribution in [3.05, 3.63) is 118 Å².